The van der Waals surface area contributed by atoms with E-state index >= 15 is 0 Å². The Balaban J connectivity index is 1.84. The van der Waals surface area contributed by atoms with Crippen molar-refractivity contribution in [2.75, 3.05) is 32.7 Å². The highest BCUT2D eigenvalue weighted by Gasteiger charge is 2.47. The molecule has 1 aromatic carbocycles. The van der Waals surface area contributed by atoms with Gasteiger partial charge in [-0.05, 0) is 30.4 Å². The fraction of sp³-hybridized carbons (Fsp3) is 0.684. The van der Waals surface area contributed by atoms with Crippen molar-refractivity contribution in [2.45, 2.75) is 39.5 Å². The monoisotopic (exact) mass is 286 g/mol. The lowest BCUT2D eigenvalue weighted by Gasteiger charge is -2.39. The van der Waals surface area contributed by atoms with E-state index in [2.05, 4.69) is 61.3 Å². The molecule has 0 radical (unpaired) electrons. The number of rotatable bonds is 2. The van der Waals surface area contributed by atoms with Crippen LogP contribution in [0.3, 0.4) is 0 Å². The first-order valence-corrected chi connectivity index (χ1v) is 8.47. The van der Waals surface area contributed by atoms with Gasteiger partial charge in [-0.25, -0.2) is 0 Å². The quantitative estimate of drug-likeness (QED) is 0.895. The lowest BCUT2D eigenvalue weighted by atomic mass is 9.70. The van der Waals surface area contributed by atoms with Gasteiger partial charge in [0, 0.05) is 37.5 Å². The van der Waals surface area contributed by atoms with Crippen LogP contribution in [0.2, 0.25) is 0 Å². The van der Waals surface area contributed by atoms with Crippen LogP contribution in [0.15, 0.2) is 30.3 Å². The zero-order valence-corrected chi connectivity index (χ0v) is 13.9. The van der Waals surface area contributed by atoms with Gasteiger partial charge < -0.3 is 10.2 Å². The lowest BCUT2D eigenvalue weighted by molar-refractivity contribution is 0.166. The smallest absolute Gasteiger partial charge is 0.00571 e. The second-order valence-electron chi connectivity index (χ2n) is 8.34. The molecule has 0 aromatic heterocycles. The molecule has 116 valence electrons. The molecule has 21 heavy (non-hydrogen) atoms. The minimum atomic E-state index is 0.384. The molecule has 1 spiro atoms. The SMILES string of the molecule is CC(C)(C)CN1C[C@H](c2ccccc2)[C@]2(CCCNC2)C1. The number of nitrogens with zero attached hydrogens (tertiary/aromatic N) is 1. The molecule has 2 heteroatoms. The summed E-state index contributed by atoms with van der Waals surface area (Å²) in [6.45, 7) is 13.1. The van der Waals surface area contributed by atoms with Gasteiger partial charge in [0.15, 0.2) is 0 Å². The van der Waals surface area contributed by atoms with Crippen LogP contribution in [0.4, 0.5) is 0 Å². The number of hydrogen-bond donors (Lipinski definition) is 1. The van der Waals surface area contributed by atoms with Crippen LogP contribution in [0, 0.1) is 10.8 Å². The van der Waals surface area contributed by atoms with E-state index in [1.165, 1.54) is 51.1 Å². The molecule has 2 atom stereocenters. The lowest BCUT2D eigenvalue weighted by Crippen LogP contribution is -2.45. The molecular formula is C19H30N2. The number of piperidine rings is 1. The average molecular weight is 286 g/mol. The molecule has 2 aliphatic rings. The van der Waals surface area contributed by atoms with E-state index in [0.717, 1.165) is 0 Å². The first-order chi connectivity index (χ1) is 9.99. The highest BCUT2D eigenvalue weighted by Crippen LogP contribution is 2.47. The van der Waals surface area contributed by atoms with Crippen molar-refractivity contribution < 1.29 is 0 Å². The van der Waals surface area contributed by atoms with E-state index in [4.69, 9.17) is 0 Å². The zero-order chi connectivity index (χ0) is 14.9. The van der Waals surface area contributed by atoms with Gasteiger partial charge in [0.1, 0.15) is 0 Å². The second-order valence-corrected chi connectivity index (χ2v) is 8.34. The predicted molar refractivity (Wildman–Crippen MR) is 89.6 cm³/mol. The standard InChI is InChI=1S/C19H30N2/c1-18(2,3)14-21-12-17(16-8-5-4-6-9-16)19(15-21)10-7-11-20-13-19/h4-6,8-9,17,20H,7,10-15H2,1-3H3/t17-,19+/m1/s1. The molecule has 1 aromatic rings. The summed E-state index contributed by atoms with van der Waals surface area (Å²) in [6, 6.07) is 11.2. The van der Waals surface area contributed by atoms with E-state index in [1.54, 1.807) is 0 Å². The third-order valence-electron chi connectivity index (χ3n) is 5.12. The van der Waals surface area contributed by atoms with E-state index in [9.17, 15) is 0 Å². The molecule has 0 unspecified atom stereocenters. The molecule has 0 bridgehead atoms. The topological polar surface area (TPSA) is 15.3 Å². The molecule has 0 aliphatic carbocycles. The third kappa shape index (κ3) is 3.32. The van der Waals surface area contributed by atoms with E-state index < -0.39 is 0 Å². The highest BCUT2D eigenvalue weighted by molar-refractivity contribution is 5.26. The highest BCUT2D eigenvalue weighted by atomic mass is 15.2. The van der Waals surface area contributed by atoms with E-state index in [0.29, 0.717) is 16.7 Å². The van der Waals surface area contributed by atoms with Crippen molar-refractivity contribution in [1.29, 1.82) is 0 Å². The van der Waals surface area contributed by atoms with Crippen molar-refractivity contribution in [3.8, 4) is 0 Å². The van der Waals surface area contributed by atoms with Crippen LogP contribution in [-0.2, 0) is 0 Å². The van der Waals surface area contributed by atoms with Gasteiger partial charge in [-0.2, -0.15) is 0 Å². The van der Waals surface area contributed by atoms with Gasteiger partial charge in [-0.3, -0.25) is 0 Å². The fourth-order valence-corrected chi connectivity index (χ4v) is 4.43. The van der Waals surface area contributed by atoms with Crippen LogP contribution < -0.4 is 5.32 Å². The first-order valence-electron chi connectivity index (χ1n) is 8.47. The fourth-order valence-electron chi connectivity index (χ4n) is 4.43. The maximum atomic E-state index is 3.67. The molecule has 2 fully saturated rings. The van der Waals surface area contributed by atoms with E-state index in [-0.39, 0.29) is 0 Å². The largest absolute Gasteiger partial charge is 0.316 e. The van der Waals surface area contributed by atoms with Gasteiger partial charge >= 0.3 is 0 Å². The minimum absolute atomic E-state index is 0.384. The summed E-state index contributed by atoms with van der Waals surface area (Å²) in [5.41, 5.74) is 2.37. The summed E-state index contributed by atoms with van der Waals surface area (Å²) in [5, 5.41) is 3.67. The van der Waals surface area contributed by atoms with Crippen LogP contribution in [0.5, 0.6) is 0 Å². The molecule has 0 saturated carbocycles. The zero-order valence-electron chi connectivity index (χ0n) is 13.9. The number of nitrogens with one attached hydrogen (secondary N) is 1. The summed E-state index contributed by atoms with van der Waals surface area (Å²) in [5.74, 6) is 0.689. The van der Waals surface area contributed by atoms with Crippen molar-refractivity contribution in [3.63, 3.8) is 0 Å². The number of hydrogen-bond acceptors (Lipinski definition) is 2. The van der Waals surface area contributed by atoms with Crippen molar-refractivity contribution in [1.82, 2.24) is 10.2 Å². The Labute approximate surface area is 129 Å². The minimum Gasteiger partial charge on any atom is -0.316 e. The maximum absolute atomic E-state index is 3.67. The molecular weight excluding hydrogens is 256 g/mol. The van der Waals surface area contributed by atoms with Gasteiger partial charge in [0.05, 0.1) is 0 Å². The van der Waals surface area contributed by atoms with Crippen molar-refractivity contribution in [3.05, 3.63) is 35.9 Å². The molecule has 2 nitrogen and oxygen atoms in total. The van der Waals surface area contributed by atoms with E-state index in [1.807, 2.05) is 0 Å². The Hall–Kier alpha value is -0.860. The normalized spacial score (nSPS) is 30.9. The van der Waals surface area contributed by atoms with Gasteiger partial charge in [0.25, 0.3) is 0 Å². The average Bonchev–Trinajstić information content (AvgIpc) is 2.76. The summed E-state index contributed by atoms with van der Waals surface area (Å²) >= 11 is 0. The Morgan fingerprint density at radius 1 is 1.24 bits per heavy atom. The summed E-state index contributed by atoms with van der Waals surface area (Å²) < 4.78 is 0. The number of likely N-dealkylation sites (tertiary alicyclic amines) is 1. The molecule has 2 aliphatic heterocycles. The Morgan fingerprint density at radius 3 is 2.62 bits per heavy atom. The second kappa shape index (κ2) is 5.73. The molecule has 0 amide bonds. The van der Waals surface area contributed by atoms with Gasteiger partial charge in [-0.15, -0.1) is 0 Å². The predicted octanol–water partition coefficient (Wildman–Crippen LogP) is 3.50. The third-order valence-corrected chi connectivity index (χ3v) is 5.12. The van der Waals surface area contributed by atoms with Gasteiger partial charge in [-0.1, -0.05) is 51.1 Å². The maximum Gasteiger partial charge on any atom is 0.00571 e. The molecule has 1 N–H and O–H groups in total. The van der Waals surface area contributed by atoms with Crippen molar-refractivity contribution in [2.24, 2.45) is 10.8 Å². The Bertz CT molecular complexity index is 454. The van der Waals surface area contributed by atoms with Crippen LogP contribution in [0.1, 0.15) is 45.1 Å². The van der Waals surface area contributed by atoms with Crippen LogP contribution in [-0.4, -0.2) is 37.6 Å². The number of benzene rings is 1. The van der Waals surface area contributed by atoms with Gasteiger partial charge in [0.2, 0.25) is 0 Å². The molecule has 3 rings (SSSR count). The summed E-state index contributed by atoms with van der Waals surface area (Å²) in [6.07, 6.45) is 2.70. The summed E-state index contributed by atoms with van der Waals surface area (Å²) in [4.78, 5) is 2.71. The Kier molecular flexibility index (Phi) is 4.11. The summed E-state index contributed by atoms with van der Waals surface area (Å²) in [7, 11) is 0. The van der Waals surface area contributed by atoms with Crippen LogP contribution in [0.25, 0.3) is 0 Å². The first kappa shape index (κ1) is 15.1. The van der Waals surface area contributed by atoms with Crippen LogP contribution >= 0.6 is 0 Å². The molecule has 2 heterocycles. The van der Waals surface area contributed by atoms with Crippen molar-refractivity contribution >= 4 is 0 Å². The Morgan fingerprint density at radius 2 is 2.00 bits per heavy atom. The molecule has 2 saturated heterocycles.